The van der Waals surface area contributed by atoms with Gasteiger partial charge in [-0.05, 0) is 13.8 Å². The van der Waals surface area contributed by atoms with Crippen LogP contribution in [-0.4, -0.2) is 35.3 Å². The van der Waals surface area contributed by atoms with Crippen LogP contribution in [0.5, 0.6) is 0 Å². The maximum absolute atomic E-state index is 11.5. The molecule has 1 rings (SSSR count). The van der Waals surface area contributed by atoms with Gasteiger partial charge >= 0.3 is 0 Å². The van der Waals surface area contributed by atoms with Crippen molar-refractivity contribution in [3.63, 3.8) is 0 Å². The van der Waals surface area contributed by atoms with Gasteiger partial charge in [0.2, 0.25) is 0 Å². The molecule has 0 saturated carbocycles. The number of aryl methyl sites for hydroxylation is 2. The van der Waals surface area contributed by atoms with E-state index in [4.69, 9.17) is 5.21 Å². The Bertz CT molecular complexity index is 387. The number of H-pyrrole nitrogens is 1. The average molecular weight is 205 g/mol. The molecule has 2 N–H and O–H groups in total. The van der Waals surface area contributed by atoms with Gasteiger partial charge in [-0.15, -0.1) is 0 Å². The van der Waals surface area contributed by atoms with Crippen LogP contribution < -0.4 is 0 Å². The first-order valence-corrected chi connectivity index (χ1v) is 5.00. The van der Waals surface area contributed by atoms with Gasteiger partial charge in [-0.3, -0.25) is 10.3 Å². The predicted molar refractivity (Wildman–Crippen MR) is 44.8 cm³/mol. The number of nitrogens with zero attached hydrogens (tertiary/aromatic N) is 2. The number of hydrogen-bond donors (Lipinski definition) is 2. The molecule has 0 aliphatic heterocycles. The molecule has 1 heterocycles. The summed E-state index contributed by atoms with van der Waals surface area (Å²) in [5.41, 5.74) is 0.761. The topological polar surface area (TPSA) is 86.3 Å². The minimum absolute atomic E-state index is 0.0255. The van der Waals surface area contributed by atoms with Gasteiger partial charge in [-0.25, -0.2) is 8.42 Å². The van der Waals surface area contributed by atoms with Gasteiger partial charge in [0.25, 0.3) is 10.0 Å². The molecule has 1 aromatic heterocycles. The number of aromatic amines is 1. The monoisotopic (exact) mass is 205 g/mol. The number of hydrogen-bond acceptors (Lipinski definition) is 4. The number of sulfonamides is 1. The summed E-state index contributed by atoms with van der Waals surface area (Å²) in [5.74, 6) is 0. The molecule has 0 aliphatic rings. The second-order valence-corrected chi connectivity index (χ2v) is 4.59. The lowest BCUT2D eigenvalue weighted by atomic mass is 10.4. The Balaban J connectivity index is 3.38. The average Bonchev–Trinajstić information content (AvgIpc) is 2.30. The molecule has 1 aromatic rings. The number of rotatable bonds is 2. The minimum Gasteiger partial charge on any atom is -0.299 e. The summed E-state index contributed by atoms with van der Waals surface area (Å²) < 4.78 is 23.1. The Morgan fingerprint density at radius 3 is 2.31 bits per heavy atom. The van der Waals surface area contributed by atoms with E-state index >= 15 is 0 Å². The Hall–Kier alpha value is -0.920. The highest BCUT2D eigenvalue weighted by Gasteiger charge is 2.25. The second kappa shape index (κ2) is 3.09. The summed E-state index contributed by atoms with van der Waals surface area (Å²) in [4.78, 5) is 0.0255. The molecular formula is C6H11N3O3S. The quantitative estimate of drug-likeness (QED) is 0.667. The molecule has 0 spiro atoms. The highest BCUT2D eigenvalue weighted by atomic mass is 32.2. The summed E-state index contributed by atoms with van der Waals surface area (Å²) in [6.07, 6.45) is 0. The molecule has 7 heteroatoms. The first kappa shape index (κ1) is 10.2. The third-order valence-corrected chi connectivity index (χ3v) is 3.48. The van der Waals surface area contributed by atoms with E-state index in [1.807, 2.05) is 0 Å². The van der Waals surface area contributed by atoms with E-state index in [2.05, 4.69) is 10.2 Å². The first-order valence-electron chi connectivity index (χ1n) is 3.56. The van der Waals surface area contributed by atoms with Crippen LogP contribution >= 0.6 is 0 Å². The van der Waals surface area contributed by atoms with Crippen molar-refractivity contribution < 1.29 is 13.6 Å². The Morgan fingerprint density at radius 2 is 2.00 bits per heavy atom. The molecule has 0 bridgehead atoms. The maximum atomic E-state index is 11.5. The van der Waals surface area contributed by atoms with Crippen LogP contribution in [0.3, 0.4) is 0 Å². The lowest BCUT2D eigenvalue weighted by Gasteiger charge is -2.08. The van der Waals surface area contributed by atoms with Gasteiger partial charge < -0.3 is 0 Å². The van der Waals surface area contributed by atoms with Crippen molar-refractivity contribution in [3.8, 4) is 0 Å². The van der Waals surface area contributed by atoms with Crippen LogP contribution in [0.15, 0.2) is 4.90 Å². The van der Waals surface area contributed by atoms with Crippen molar-refractivity contribution in [3.05, 3.63) is 11.4 Å². The SMILES string of the molecule is Cc1n[nH]c(C)c1S(=O)(=O)N(C)O. The highest BCUT2D eigenvalue weighted by molar-refractivity contribution is 7.89. The summed E-state index contributed by atoms with van der Waals surface area (Å²) in [7, 11) is -2.74. The molecule has 0 unspecified atom stereocenters. The van der Waals surface area contributed by atoms with E-state index in [0.29, 0.717) is 11.4 Å². The van der Waals surface area contributed by atoms with Crippen molar-refractivity contribution in [2.45, 2.75) is 18.7 Å². The summed E-state index contributed by atoms with van der Waals surface area (Å²) in [5, 5.41) is 15.2. The lowest BCUT2D eigenvalue weighted by molar-refractivity contribution is 0.0309. The van der Waals surface area contributed by atoms with E-state index in [-0.39, 0.29) is 9.36 Å². The fraction of sp³-hybridized carbons (Fsp3) is 0.500. The number of aromatic nitrogens is 2. The Morgan fingerprint density at radius 1 is 1.46 bits per heavy atom. The Labute approximate surface area is 76.2 Å². The molecule has 0 amide bonds. The molecule has 74 valence electrons. The first-order chi connectivity index (χ1) is 5.87. The van der Waals surface area contributed by atoms with Crippen LogP contribution in [0.1, 0.15) is 11.4 Å². The van der Waals surface area contributed by atoms with E-state index in [9.17, 15) is 8.42 Å². The van der Waals surface area contributed by atoms with Gasteiger partial charge in [0.15, 0.2) is 0 Å². The van der Waals surface area contributed by atoms with Crippen molar-refractivity contribution in [2.75, 3.05) is 7.05 Å². The van der Waals surface area contributed by atoms with Gasteiger partial charge in [0.1, 0.15) is 4.90 Å². The van der Waals surface area contributed by atoms with E-state index in [0.717, 1.165) is 7.05 Å². The molecule has 0 atom stereocenters. The minimum atomic E-state index is -3.80. The largest absolute Gasteiger partial charge is 0.299 e. The smallest absolute Gasteiger partial charge is 0.268 e. The molecule has 0 fully saturated rings. The van der Waals surface area contributed by atoms with Gasteiger partial charge in [0, 0.05) is 7.05 Å². The summed E-state index contributed by atoms with van der Waals surface area (Å²) >= 11 is 0. The number of nitrogens with one attached hydrogen (secondary N) is 1. The fourth-order valence-corrected chi connectivity index (χ4v) is 2.17. The molecule has 0 radical (unpaired) electrons. The van der Waals surface area contributed by atoms with Gasteiger partial charge in [0.05, 0.1) is 11.4 Å². The van der Waals surface area contributed by atoms with Crippen molar-refractivity contribution >= 4 is 10.0 Å². The van der Waals surface area contributed by atoms with E-state index in [1.165, 1.54) is 0 Å². The highest BCUT2D eigenvalue weighted by Crippen LogP contribution is 2.18. The zero-order chi connectivity index (χ0) is 10.2. The van der Waals surface area contributed by atoms with Gasteiger partial charge in [-0.1, -0.05) is 4.47 Å². The van der Waals surface area contributed by atoms with E-state index in [1.54, 1.807) is 13.8 Å². The summed E-state index contributed by atoms with van der Waals surface area (Å²) in [6.45, 7) is 3.14. The second-order valence-electron chi connectivity index (χ2n) is 2.70. The van der Waals surface area contributed by atoms with Gasteiger partial charge in [-0.2, -0.15) is 5.10 Å². The molecule has 0 saturated heterocycles. The zero-order valence-corrected chi connectivity index (χ0v) is 8.38. The van der Waals surface area contributed by atoms with Crippen LogP contribution in [0.4, 0.5) is 0 Å². The third kappa shape index (κ3) is 1.58. The molecule has 0 aromatic carbocycles. The normalized spacial score (nSPS) is 12.4. The molecule has 0 aliphatic carbocycles. The van der Waals surface area contributed by atoms with Crippen LogP contribution in [0.2, 0.25) is 0 Å². The lowest BCUT2D eigenvalue weighted by Crippen LogP contribution is -2.23. The van der Waals surface area contributed by atoms with Crippen molar-refractivity contribution in [2.24, 2.45) is 0 Å². The van der Waals surface area contributed by atoms with Crippen LogP contribution in [0, 0.1) is 13.8 Å². The van der Waals surface area contributed by atoms with Crippen LogP contribution in [0.25, 0.3) is 0 Å². The zero-order valence-electron chi connectivity index (χ0n) is 7.57. The Kier molecular flexibility index (Phi) is 2.42. The van der Waals surface area contributed by atoms with Crippen molar-refractivity contribution in [1.82, 2.24) is 14.7 Å². The fourth-order valence-electron chi connectivity index (χ4n) is 1.05. The standard InChI is InChI=1S/C6H11N3O3S/c1-4-6(5(2)8-7-4)13(11,12)9(3)10/h10H,1-3H3,(H,7,8). The third-order valence-electron chi connectivity index (χ3n) is 1.67. The number of hydroxylamine groups is 1. The van der Waals surface area contributed by atoms with Crippen LogP contribution in [-0.2, 0) is 10.0 Å². The predicted octanol–water partition coefficient (Wildman–Crippen LogP) is 0.0362. The molecule has 13 heavy (non-hydrogen) atoms. The maximum Gasteiger partial charge on any atom is 0.268 e. The molecular weight excluding hydrogens is 194 g/mol. The van der Waals surface area contributed by atoms with Crippen molar-refractivity contribution in [1.29, 1.82) is 0 Å². The summed E-state index contributed by atoms with van der Waals surface area (Å²) in [6, 6.07) is 0. The van der Waals surface area contributed by atoms with E-state index < -0.39 is 10.0 Å². The molecule has 6 nitrogen and oxygen atoms in total.